The summed E-state index contributed by atoms with van der Waals surface area (Å²) in [5.74, 6) is -2.90. The van der Waals surface area contributed by atoms with Gasteiger partial charge in [-0.15, -0.1) is 5.10 Å². The van der Waals surface area contributed by atoms with Gasteiger partial charge in [-0.25, -0.2) is 8.78 Å². The molecule has 5 rings (SSSR count). The van der Waals surface area contributed by atoms with Gasteiger partial charge in [0.15, 0.2) is 11.6 Å². The van der Waals surface area contributed by atoms with E-state index in [1.165, 1.54) is 6.07 Å². The van der Waals surface area contributed by atoms with Crippen LogP contribution in [0.25, 0.3) is 0 Å². The van der Waals surface area contributed by atoms with Gasteiger partial charge in [-0.2, -0.15) is 0 Å². The monoisotopic (exact) mass is 511 g/mol. The highest BCUT2D eigenvalue weighted by molar-refractivity contribution is 6.01. The average Bonchev–Trinajstić information content (AvgIpc) is 3.34. The van der Waals surface area contributed by atoms with Crippen molar-refractivity contribution in [2.75, 3.05) is 35.2 Å². The Labute approximate surface area is 212 Å². The van der Waals surface area contributed by atoms with Crippen LogP contribution in [-0.2, 0) is 9.53 Å². The highest BCUT2D eigenvalue weighted by atomic mass is 19.2. The van der Waals surface area contributed by atoms with Crippen molar-refractivity contribution in [1.82, 2.24) is 10.2 Å². The van der Waals surface area contributed by atoms with Gasteiger partial charge in [0.25, 0.3) is 0 Å². The van der Waals surface area contributed by atoms with Crippen molar-refractivity contribution in [3.05, 3.63) is 60.0 Å². The zero-order chi connectivity index (χ0) is 26.0. The Balaban J connectivity index is 1.12. The second-order valence-electron chi connectivity index (χ2n) is 9.51. The number of hydrogen-bond acceptors (Lipinski definition) is 8. The first-order valence-corrected chi connectivity index (χ1v) is 12.2. The maximum atomic E-state index is 13.4. The van der Waals surface area contributed by atoms with E-state index in [-0.39, 0.29) is 34.9 Å². The molecule has 1 saturated carbocycles. The first-order chi connectivity index (χ1) is 17.8. The van der Waals surface area contributed by atoms with Gasteiger partial charge >= 0.3 is 23.8 Å². The summed E-state index contributed by atoms with van der Waals surface area (Å²) in [5, 5.41) is 12.7. The second kappa shape index (κ2) is 10.2. The fourth-order valence-electron chi connectivity index (χ4n) is 5.06. The summed E-state index contributed by atoms with van der Waals surface area (Å²) in [6.07, 6.45) is 3.91. The Bertz CT molecular complexity index is 1280. The highest BCUT2D eigenvalue weighted by Gasteiger charge is 2.49. The largest absolute Gasteiger partial charge is 0.466 e. The third-order valence-corrected chi connectivity index (χ3v) is 7.08. The number of piperidine rings is 1. The number of nitrogens with one attached hydrogen (secondary N) is 2. The molecule has 0 radical (unpaired) electrons. The first kappa shape index (κ1) is 24.7. The fraction of sp³-hybridized carbons (Fsp3) is 0.385. The molecule has 2 aromatic carbocycles. The Hall–Kier alpha value is -4.02. The Morgan fingerprint density at radius 3 is 2.43 bits per heavy atom. The molecule has 11 heteroatoms. The number of amides is 1. The molecule has 1 amide bonds. The Kier molecular flexibility index (Phi) is 6.77. The van der Waals surface area contributed by atoms with Crippen LogP contribution in [0.5, 0.6) is 0 Å². The molecule has 194 valence electrons. The molecule has 2 N–H and O–H groups in total. The van der Waals surface area contributed by atoms with Gasteiger partial charge in [0.2, 0.25) is 0 Å². The van der Waals surface area contributed by atoms with Crippen LogP contribution < -0.4 is 15.5 Å². The molecule has 0 atom stereocenters. The number of nitrogens with zero attached hydrogens (tertiary/aromatic N) is 3. The van der Waals surface area contributed by atoms with Crippen LogP contribution in [0.1, 0.15) is 43.3 Å². The van der Waals surface area contributed by atoms with Crippen LogP contribution in [0, 0.1) is 23.0 Å². The summed E-state index contributed by atoms with van der Waals surface area (Å²) in [5.41, 5.74) is 2.08. The van der Waals surface area contributed by atoms with Crippen molar-refractivity contribution in [2.24, 2.45) is 11.3 Å². The summed E-state index contributed by atoms with van der Waals surface area (Å²) in [6.45, 7) is 4.09. The molecule has 1 aromatic heterocycles. The van der Waals surface area contributed by atoms with E-state index in [2.05, 4.69) is 25.7 Å². The Morgan fingerprint density at radius 2 is 1.76 bits per heavy atom. The maximum absolute atomic E-state index is 13.4. The number of carbonyl (C=O) groups is 2. The lowest BCUT2D eigenvalue weighted by Gasteiger charge is -2.51. The van der Waals surface area contributed by atoms with E-state index in [1.54, 1.807) is 12.1 Å². The minimum Gasteiger partial charge on any atom is -0.466 e. The third-order valence-electron chi connectivity index (χ3n) is 7.08. The molecule has 1 aliphatic carbocycles. The van der Waals surface area contributed by atoms with E-state index in [0.717, 1.165) is 56.6 Å². The minimum absolute atomic E-state index is 0.0472. The highest BCUT2D eigenvalue weighted by Crippen LogP contribution is 2.53. The molecular weight excluding hydrogens is 484 g/mol. The van der Waals surface area contributed by atoms with Gasteiger partial charge in [0, 0.05) is 36.2 Å². The summed E-state index contributed by atoms with van der Waals surface area (Å²) in [4.78, 5) is 26.7. The molecule has 37 heavy (non-hydrogen) atoms. The normalized spacial score (nSPS) is 16.8. The molecule has 2 heterocycles. The molecule has 1 saturated heterocycles. The molecule has 2 fully saturated rings. The predicted octanol–water partition coefficient (Wildman–Crippen LogP) is 4.90. The van der Waals surface area contributed by atoms with Gasteiger partial charge in [0.1, 0.15) is 0 Å². The number of aromatic nitrogens is 2. The number of anilines is 4. The smallest absolute Gasteiger partial charge is 0.320 e. The molecular formula is C26H27F2N5O4. The number of halogens is 2. The summed E-state index contributed by atoms with van der Waals surface area (Å²) in [7, 11) is 0. The van der Waals surface area contributed by atoms with Crippen molar-refractivity contribution in [2.45, 2.75) is 32.6 Å². The van der Waals surface area contributed by atoms with Gasteiger partial charge < -0.3 is 24.7 Å². The van der Waals surface area contributed by atoms with Gasteiger partial charge in [-0.1, -0.05) is 5.10 Å². The third kappa shape index (κ3) is 5.40. The number of carbonyl (C=O) groups excluding carboxylic acids is 2. The maximum Gasteiger partial charge on any atom is 0.320 e. The van der Waals surface area contributed by atoms with E-state index in [0.29, 0.717) is 12.3 Å². The SMILES string of the molecule is CCOC(=O)C1CC2(CCN(c3ccc(NC(=O)c4nnc(Nc5ccc(F)c(F)c5)o4)cc3)CC2)C1. The molecule has 9 nitrogen and oxygen atoms in total. The van der Waals surface area contributed by atoms with Gasteiger partial charge in [-0.3, -0.25) is 9.59 Å². The number of rotatable bonds is 7. The van der Waals surface area contributed by atoms with Gasteiger partial charge in [-0.05, 0) is 74.4 Å². The second-order valence-corrected chi connectivity index (χ2v) is 9.51. The van der Waals surface area contributed by atoms with E-state index in [1.807, 2.05) is 19.1 Å². The lowest BCUT2D eigenvalue weighted by atomic mass is 9.57. The van der Waals surface area contributed by atoms with Crippen LogP contribution in [0.15, 0.2) is 46.9 Å². The van der Waals surface area contributed by atoms with E-state index < -0.39 is 17.5 Å². The van der Waals surface area contributed by atoms with E-state index in [4.69, 9.17) is 9.15 Å². The van der Waals surface area contributed by atoms with Crippen LogP contribution in [0.3, 0.4) is 0 Å². The Morgan fingerprint density at radius 1 is 1.05 bits per heavy atom. The molecule has 0 unspecified atom stereocenters. The number of esters is 1. The molecule has 2 aliphatic rings. The summed E-state index contributed by atoms with van der Waals surface area (Å²) in [6, 6.07) is 10.6. The van der Waals surface area contributed by atoms with Crippen LogP contribution in [0.4, 0.5) is 31.9 Å². The first-order valence-electron chi connectivity index (χ1n) is 12.2. The average molecular weight is 512 g/mol. The van der Waals surface area contributed by atoms with Crippen molar-refractivity contribution in [1.29, 1.82) is 0 Å². The molecule has 1 spiro atoms. The number of ether oxygens (including phenoxy) is 1. The summed E-state index contributed by atoms with van der Waals surface area (Å²) < 4.78 is 36.9. The van der Waals surface area contributed by atoms with Gasteiger partial charge in [0.05, 0.1) is 12.5 Å². The van der Waals surface area contributed by atoms with Crippen LogP contribution in [-0.4, -0.2) is 41.8 Å². The van der Waals surface area contributed by atoms with Crippen molar-refractivity contribution in [3.63, 3.8) is 0 Å². The predicted molar refractivity (Wildman–Crippen MR) is 132 cm³/mol. The fourth-order valence-corrected chi connectivity index (χ4v) is 5.06. The number of benzene rings is 2. The van der Waals surface area contributed by atoms with E-state index in [9.17, 15) is 18.4 Å². The van der Waals surface area contributed by atoms with Crippen LogP contribution in [0.2, 0.25) is 0 Å². The zero-order valence-electron chi connectivity index (χ0n) is 20.3. The topological polar surface area (TPSA) is 110 Å². The zero-order valence-corrected chi connectivity index (χ0v) is 20.3. The van der Waals surface area contributed by atoms with E-state index >= 15 is 0 Å². The molecule has 0 bridgehead atoms. The molecule has 3 aromatic rings. The quantitative estimate of drug-likeness (QED) is 0.431. The van der Waals surface area contributed by atoms with Crippen molar-refractivity contribution in [3.8, 4) is 0 Å². The minimum atomic E-state index is -1.03. The standard InChI is InChI=1S/C26H27F2N5O4/c1-2-36-24(35)16-14-26(15-16)9-11-33(12-10-26)19-6-3-17(4-7-19)29-22(34)23-31-32-25(37-23)30-18-5-8-20(27)21(28)13-18/h3-8,13,16H,2,9-12,14-15H2,1H3,(H,29,34)(H,30,32). The lowest BCUT2D eigenvalue weighted by Crippen LogP contribution is -2.49. The van der Waals surface area contributed by atoms with Crippen LogP contribution >= 0.6 is 0 Å². The lowest BCUT2D eigenvalue weighted by molar-refractivity contribution is -0.157. The van der Waals surface area contributed by atoms with Crippen molar-refractivity contribution >= 4 is 35.0 Å². The number of hydrogen-bond donors (Lipinski definition) is 2. The van der Waals surface area contributed by atoms with Crippen molar-refractivity contribution < 1.29 is 27.5 Å². The molecule has 1 aliphatic heterocycles. The summed E-state index contributed by atoms with van der Waals surface area (Å²) >= 11 is 0.